The average Bonchev–Trinajstić information content (AvgIpc) is 2.69. The molecule has 3 N–H and O–H groups in total. The summed E-state index contributed by atoms with van der Waals surface area (Å²) in [6, 6.07) is 0.389. The molecule has 0 radical (unpaired) electrons. The van der Waals surface area contributed by atoms with E-state index in [9.17, 15) is 4.79 Å². The van der Waals surface area contributed by atoms with Crippen molar-refractivity contribution in [3.63, 3.8) is 0 Å². The van der Waals surface area contributed by atoms with Crippen LogP contribution in [0.1, 0.15) is 65.2 Å². The van der Waals surface area contributed by atoms with Crippen molar-refractivity contribution in [1.82, 2.24) is 5.32 Å². The molecule has 3 heteroatoms. The Labute approximate surface area is 117 Å². The summed E-state index contributed by atoms with van der Waals surface area (Å²) >= 11 is 0. The lowest BCUT2D eigenvalue weighted by molar-refractivity contribution is -0.123. The maximum absolute atomic E-state index is 12.2. The highest BCUT2D eigenvalue weighted by molar-refractivity contribution is 5.76. The van der Waals surface area contributed by atoms with Gasteiger partial charge in [0, 0.05) is 12.5 Å². The molecule has 2 aliphatic rings. The zero-order valence-corrected chi connectivity index (χ0v) is 12.6. The van der Waals surface area contributed by atoms with Crippen LogP contribution in [0.15, 0.2) is 0 Å². The zero-order valence-electron chi connectivity index (χ0n) is 12.6. The van der Waals surface area contributed by atoms with Gasteiger partial charge in [0.1, 0.15) is 0 Å². The van der Waals surface area contributed by atoms with Crippen LogP contribution in [0, 0.1) is 17.3 Å². The van der Waals surface area contributed by atoms with Crippen LogP contribution in [0.3, 0.4) is 0 Å². The van der Waals surface area contributed by atoms with Gasteiger partial charge in [-0.3, -0.25) is 4.79 Å². The topological polar surface area (TPSA) is 55.1 Å². The van der Waals surface area contributed by atoms with E-state index in [0.717, 1.165) is 19.4 Å². The van der Waals surface area contributed by atoms with E-state index in [0.29, 0.717) is 17.9 Å². The van der Waals surface area contributed by atoms with Gasteiger partial charge in [-0.1, -0.05) is 20.3 Å². The van der Waals surface area contributed by atoms with Gasteiger partial charge in [-0.05, 0) is 62.3 Å². The van der Waals surface area contributed by atoms with Crippen LogP contribution < -0.4 is 11.1 Å². The molecular weight excluding hydrogens is 236 g/mol. The summed E-state index contributed by atoms with van der Waals surface area (Å²) in [5, 5.41) is 3.28. The molecule has 0 heterocycles. The minimum atomic E-state index is 0.274. The van der Waals surface area contributed by atoms with Crippen molar-refractivity contribution in [1.29, 1.82) is 0 Å². The molecule has 0 spiro atoms. The predicted octanol–water partition coefficient (Wildman–Crippen LogP) is 2.84. The number of rotatable bonds is 4. The van der Waals surface area contributed by atoms with Crippen molar-refractivity contribution in [2.24, 2.45) is 23.0 Å². The highest BCUT2D eigenvalue weighted by Gasteiger charge is 2.35. The lowest BCUT2D eigenvalue weighted by Crippen LogP contribution is -2.42. The van der Waals surface area contributed by atoms with Gasteiger partial charge in [0.05, 0.1) is 0 Å². The minimum Gasteiger partial charge on any atom is -0.353 e. The standard InChI is InChI=1S/C16H30N2O/c1-16(2)9-3-4-14(16)18-15(19)10-12-5-7-13(11-17)8-6-12/h12-14H,3-11,17H2,1-2H3,(H,18,19). The van der Waals surface area contributed by atoms with E-state index >= 15 is 0 Å². The van der Waals surface area contributed by atoms with E-state index < -0.39 is 0 Å². The van der Waals surface area contributed by atoms with Gasteiger partial charge in [0.25, 0.3) is 0 Å². The van der Waals surface area contributed by atoms with Crippen molar-refractivity contribution in [2.75, 3.05) is 6.54 Å². The quantitative estimate of drug-likeness (QED) is 0.822. The third-order valence-corrected chi connectivity index (χ3v) is 5.37. The SMILES string of the molecule is CC1(C)CCCC1NC(=O)CC1CCC(CN)CC1. The number of amides is 1. The molecule has 2 rings (SSSR count). The smallest absolute Gasteiger partial charge is 0.220 e. The molecule has 19 heavy (non-hydrogen) atoms. The fourth-order valence-corrected chi connectivity index (χ4v) is 3.78. The number of hydrogen-bond acceptors (Lipinski definition) is 2. The summed E-state index contributed by atoms with van der Waals surface area (Å²) < 4.78 is 0. The molecule has 0 aliphatic heterocycles. The van der Waals surface area contributed by atoms with E-state index in [1.807, 2.05) is 0 Å². The molecule has 0 saturated heterocycles. The molecule has 2 aliphatic carbocycles. The van der Waals surface area contributed by atoms with Gasteiger partial charge < -0.3 is 11.1 Å². The maximum Gasteiger partial charge on any atom is 0.220 e. The lowest BCUT2D eigenvalue weighted by atomic mass is 9.80. The van der Waals surface area contributed by atoms with E-state index in [-0.39, 0.29) is 11.3 Å². The van der Waals surface area contributed by atoms with Crippen molar-refractivity contribution in [2.45, 2.75) is 71.3 Å². The number of carbonyl (C=O) groups is 1. The first-order valence-electron chi connectivity index (χ1n) is 8.00. The third-order valence-electron chi connectivity index (χ3n) is 5.37. The van der Waals surface area contributed by atoms with Crippen LogP contribution in [0.25, 0.3) is 0 Å². The molecule has 3 nitrogen and oxygen atoms in total. The molecular formula is C16H30N2O. The Morgan fingerprint density at radius 1 is 1.16 bits per heavy atom. The fraction of sp³-hybridized carbons (Fsp3) is 0.938. The highest BCUT2D eigenvalue weighted by atomic mass is 16.1. The van der Waals surface area contributed by atoms with Crippen LogP contribution in [0.2, 0.25) is 0 Å². The molecule has 2 fully saturated rings. The van der Waals surface area contributed by atoms with Gasteiger partial charge in [-0.25, -0.2) is 0 Å². The van der Waals surface area contributed by atoms with E-state index in [4.69, 9.17) is 5.73 Å². The summed E-state index contributed by atoms with van der Waals surface area (Å²) in [6.45, 7) is 5.37. The molecule has 0 aromatic rings. The van der Waals surface area contributed by atoms with Crippen LogP contribution >= 0.6 is 0 Å². The highest BCUT2D eigenvalue weighted by Crippen LogP contribution is 2.37. The molecule has 0 bridgehead atoms. The Kier molecular flexibility index (Phi) is 4.88. The normalized spacial score (nSPS) is 34.2. The van der Waals surface area contributed by atoms with Crippen molar-refractivity contribution < 1.29 is 4.79 Å². The fourth-order valence-electron chi connectivity index (χ4n) is 3.78. The van der Waals surface area contributed by atoms with Crippen molar-refractivity contribution >= 4 is 5.91 Å². The Hall–Kier alpha value is -0.570. The minimum absolute atomic E-state index is 0.274. The maximum atomic E-state index is 12.2. The molecule has 0 aromatic heterocycles. The molecule has 1 amide bonds. The summed E-state index contributed by atoms with van der Waals surface area (Å²) in [6.07, 6.45) is 9.15. The molecule has 1 atom stereocenters. The van der Waals surface area contributed by atoms with Crippen molar-refractivity contribution in [3.8, 4) is 0 Å². The van der Waals surface area contributed by atoms with Gasteiger partial charge in [-0.15, -0.1) is 0 Å². The monoisotopic (exact) mass is 266 g/mol. The van der Waals surface area contributed by atoms with Gasteiger partial charge in [0.15, 0.2) is 0 Å². The van der Waals surface area contributed by atoms with Gasteiger partial charge in [-0.2, -0.15) is 0 Å². The number of nitrogens with one attached hydrogen (secondary N) is 1. The van der Waals surface area contributed by atoms with Crippen LogP contribution in [-0.2, 0) is 4.79 Å². The molecule has 1 unspecified atom stereocenters. The summed E-state index contributed by atoms with van der Waals surface area (Å²) in [7, 11) is 0. The van der Waals surface area contributed by atoms with Crippen LogP contribution in [-0.4, -0.2) is 18.5 Å². The molecule has 110 valence electrons. The Morgan fingerprint density at radius 3 is 2.32 bits per heavy atom. The van der Waals surface area contributed by atoms with E-state index in [1.165, 1.54) is 38.5 Å². The van der Waals surface area contributed by atoms with E-state index in [1.54, 1.807) is 0 Å². The van der Waals surface area contributed by atoms with Crippen LogP contribution in [0.4, 0.5) is 0 Å². The molecule has 0 aromatic carbocycles. The number of hydrogen-bond donors (Lipinski definition) is 2. The predicted molar refractivity (Wildman–Crippen MR) is 78.7 cm³/mol. The first kappa shape index (κ1) is 14.8. The Balaban J connectivity index is 1.73. The van der Waals surface area contributed by atoms with Gasteiger partial charge in [0.2, 0.25) is 5.91 Å². The summed E-state index contributed by atoms with van der Waals surface area (Å²) in [5.74, 6) is 1.57. The van der Waals surface area contributed by atoms with Crippen LogP contribution in [0.5, 0.6) is 0 Å². The second kappa shape index (κ2) is 6.25. The second-order valence-electron chi connectivity index (χ2n) is 7.33. The largest absolute Gasteiger partial charge is 0.353 e. The second-order valence-corrected chi connectivity index (χ2v) is 7.33. The first-order chi connectivity index (χ1) is 9.01. The average molecular weight is 266 g/mol. The summed E-state index contributed by atoms with van der Waals surface area (Å²) in [5.41, 5.74) is 5.99. The Morgan fingerprint density at radius 2 is 1.79 bits per heavy atom. The lowest BCUT2D eigenvalue weighted by Gasteiger charge is -2.30. The number of carbonyl (C=O) groups excluding carboxylic acids is 1. The molecule has 2 saturated carbocycles. The summed E-state index contributed by atoms with van der Waals surface area (Å²) in [4.78, 5) is 12.2. The van der Waals surface area contributed by atoms with Crippen molar-refractivity contribution in [3.05, 3.63) is 0 Å². The van der Waals surface area contributed by atoms with Gasteiger partial charge >= 0.3 is 0 Å². The van der Waals surface area contributed by atoms with E-state index in [2.05, 4.69) is 19.2 Å². The third kappa shape index (κ3) is 3.95. The first-order valence-corrected chi connectivity index (χ1v) is 8.00. The Bertz CT molecular complexity index is 306. The zero-order chi connectivity index (χ0) is 13.9. The number of nitrogens with two attached hydrogens (primary N) is 1.